The van der Waals surface area contributed by atoms with Crippen LogP contribution in [-0.4, -0.2) is 5.75 Å². The molecular formula is C17H17F2NS. The second-order valence-electron chi connectivity index (χ2n) is 5.30. The molecule has 0 aromatic heterocycles. The molecule has 0 unspecified atom stereocenters. The topological polar surface area (TPSA) is 12.0 Å². The van der Waals surface area contributed by atoms with E-state index in [1.54, 1.807) is 12.1 Å². The van der Waals surface area contributed by atoms with E-state index in [2.05, 4.69) is 17.4 Å². The zero-order valence-electron chi connectivity index (χ0n) is 11.8. The van der Waals surface area contributed by atoms with Crippen molar-refractivity contribution in [3.05, 3.63) is 70.8 Å². The van der Waals surface area contributed by atoms with E-state index in [-0.39, 0.29) is 12.1 Å². The number of halogens is 2. The van der Waals surface area contributed by atoms with E-state index >= 15 is 0 Å². The van der Waals surface area contributed by atoms with Gasteiger partial charge in [0.15, 0.2) is 11.6 Å². The summed E-state index contributed by atoms with van der Waals surface area (Å²) in [6, 6.07) is 12.6. The Balaban J connectivity index is 1.83. The van der Waals surface area contributed by atoms with E-state index < -0.39 is 11.6 Å². The van der Waals surface area contributed by atoms with Gasteiger partial charge in [0.05, 0.1) is 0 Å². The van der Waals surface area contributed by atoms with Crippen molar-refractivity contribution in [1.29, 1.82) is 0 Å². The molecule has 0 saturated heterocycles. The Labute approximate surface area is 127 Å². The first-order valence-corrected chi connectivity index (χ1v) is 8.18. The van der Waals surface area contributed by atoms with Gasteiger partial charge in [0.2, 0.25) is 0 Å². The summed E-state index contributed by atoms with van der Waals surface area (Å²) in [6.45, 7) is 1.87. The Kier molecular flexibility index (Phi) is 4.27. The fraction of sp³-hybridized carbons (Fsp3) is 0.294. The summed E-state index contributed by atoms with van der Waals surface area (Å²) >= 11 is 1.86. The third kappa shape index (κ3) is 2.97. The van der Waals surface area contributed by atoms with Crippen LogP contribution in [0.4, 0.5) is 8.78 Å². The van der Waals surface area contributed by atoms with Gasteiger partial charge in [-0.1, -0.05) is 36.4 Å². The molecule has 1 aliphatic rings. The molecule has 0 saturated carbocycles. The van der Waals surface area contributed by atoms with E-state index in [1.807, 2.05) is 30.8 Å². The fourth-order valence-corrected chi connectivity index (χ4v) is 3.88. The number of benzene rings is 2. The summed E-state index contributed by atoms with van der Waals surface area (Å²) in [5.41, 5.74) is 2.96. The fourth-order valence-electron chi connectivity index (χ4n) is 2.77. The van der Waals surface area contributed by atoms with Gasteiger partial charge < -0.3 is 5.32 Å². The minimum Gasteiger partial charge on any atom is -0.302 e. The highest BCUT2D eigenvalue weighted by Crippen LogP contribution is 2.33. The summed E-state index contributed by atoms with van der Waals surface area (Å²) in [7, 11) is 0. The van der Waals surface area contributed by atoms with Crippen LogP contribution < -0.4 is 5.32 Å². The molecule has 110 valence electrons. The molecule has 1 nitrogen and oxygen atoms in total. The van der Waals surface area contributed by atoms with E-state index in [9.17, 15) is 8.78 Å². The maximum Gasteiger partial charge on any atom is 0.163 e. The Bertz CT molecular complexity index is 644. The maximum atomic E-state index is 13.9. The molecule has 0 fully saturated rings. The molecule has 21 heavy (non-hydrogen) atoms. The molecule has 1 aliphatic heterocycles. The lowest BCUT2D eigenvalue weighted by atomic mass is 9.99. The van der Waals surface area contributed by atoms with Crippen LogP contribution in [0.25, 0.3) is 0 Å². The highest BCUT2D eigenvalue weighted by molar-refractivity contribution is 7.98. The van der Waals surface area contributed by atoms with Crippen molar-refractivity contribution in [3.63, 3.8) is 0 Å². The summed E-state index contributed by atoms with van der Waals surface area (Å²) in [6.07, 6.45) is 0. The Morgan fingerprint density at radius 3 is 2.81 bits per heavy atom. The summed E-state index contributed by atoms with van der Waals surface area (Å²) < 4.78 is 27.2. The summed E-state index contributed by atoms with van der Waals surface area (Å²) in [5, 5.41) is 3.43. The molecule has 0 bridgehead atoms. The van der Waals surface area contributed by atoms with Crippen molar-refractivity contribution >= 4 is 11.8 Å². The smallest absolute Gasteiger partial charge is 0.163 e. The first kappa shape index (κ1) is 14.5. The first-order valence-electron chi connectivity index (χ1n) is 7.02. The standard InChI is InChI=1S/C17H17F2NS/c1-11(13-7-4-8-15(18)17(13)19)20-16-10-21-9-12-5-2-3-6-14(12)16/h2-8,11,16,20H,9-10H2,1H3/t11-,16+/m1/s1. The average molecular weight is 305 g/mol. The highest BCUT2D eigenvalue weighted by atomic mass is 32.2. The molecular weight excluding hydrogens is 288 g/mol. The van der Waals surface area contributed by atoms with E-state index in [4.69, 9.17) is 0 Å². The summed E-state index contributed by atoms with van der Waals surface area (Å²) in [5.74, 6) is 0.406. The second kappa shape index (κ2) is 6.16. The summed E-state index contributed by atoms with van der Waals surface area (Å²) in [4.78, 5) is 0. The maximum absolute atomic E-state index is 13.9. The molecule has 2 aromatic carbocycles. The monoisotopic (exact) mass is 305 g/mol. The third-order valence-electron chi connectivity index (χ3n) is 3.87. The van der Waals surface area contributed by atoms with E-state index in [1.165, 1.54) is 11.1 Å². The Hall–Kier alpha value is -1.39. The van der Waals surface area contributed by atoms with Crippen LogP contribution in [-0.2, 0) is 5.75 Å². The average Bonchev–Trinajstić information content (AvgIpc) is 2.50. The number of nitrogens with one attached hydrogen (secondary N) is 1. The van der Waals surface area contributed by atoms with Crippen LogP contribution in [0.2, 0.25) is 0 Å². The van der Waals surface area contributed by atoms with Gasteiger partial charge in [0.25, 0.3) is 0 Å². The number of hydrogen-bond donors (Lipinski definition) is 1. The highest BCUT2D eigenvalue weighted by Gasteiger charge is 2.23. The zero-order valence-corrected chi connectivity index (χ0v) is 12.6. The normalized spacial score (nSPS) is 19.1. The number of hydrogen-bond acceptors (Lipinski definition) is 2. The molecule has 0 spiro atoms. The molecule has 2 aromatic rings. The van der Waals surface area contributed by atoms with Crippen LogP contribution in [0.5, 0.6) is 0 Å². The second-order valence-corrected chi connectivity index (χ2v) is 6.33. The molecule has 3 rings (SSSR count). The van der Waals surface area contributed by atoms with Gasteiger partial charge in [-0.15, -0.1) is 0 Å². The quantitative estimate of drug-likeness (QED) is 0.889. The SMILES string of the molecule is C[C@@H](N[C@H]1CSCc2ccccc21)c1cccc(F)c1F. The molecule has 1 heterocycles. The van der Waals surface area contributed by atoms with E-state index in [0.717, 1.165) is 17.6 Å². The lowest BCUT2D eigenvalue weighted by Crippen LogP contribution is -2.29. The van der Waals surface area contributed by atoms with Crippen molar-refractivity contribution in [2.75, 3.05) is 5.75 Å². The van der Waals surface area contributed by atoms with Gasteiger partial charge in [0.1, 0.15) is 0 Å². The van der Waals surface area contributed by atoms with Gasteiger partial charge in [-0.3, -0.25) is 0 Å². The third-order valence-corrected chi connectivity index (χ3v) is 4.96. The van der Waals surface area contributed by atoms with Gasteiger partial charge in [0, 0.05) is 29.2 Å². The largest absolute Gasteiger partial charge is 0.302 e. The first-order chi connectivity index (χ1) is 10.2. The molecule has 0 amide bonds. The van der Waals surface area contributed by atoms with Crippen molar-refractivity contribution < 1.29 is 8.78 Å². The van der Waals surface area contributed by atoms with Crippen LogP contribution in [0.3, 0.4) is 0 Å². The lowest BCUT2D eigenvalue weighted by molar-refractivity contribution is 0.449. The van der Waals surface area contributed by atoms with Gasteiger partial charge in [-0.05, 0) is 24.1 Å². The van der Waals surface area contributed by atoms with Crippen molar-refractivity contribution in [3.8, 4) is 0 Å². The minimum atomic E-state index is -0.792. The number of thioether (sulfide) groups is 1. The Morgan fingerprint density at radius 1 is 1.14 bits per heavy atom. The van der Waals surface area contributed by atoms with Gasteiger partial charge in [-0.2, -0.15) is 11.8 Å². The van der Waals surface area contributed by atoms with Crippen molar-refractivity contribution in [2.45, 2.75) is 24.8 Å². The van der Waals surface area contributed by atoms with Crippen LogP contribution >= 0.6 is 11.8 Å². The van der Waals surface area contributed by atoms with Crippen molar-refractivity contribution in [2.24, 2.45) is 0 Å². The van der Waals surface area contributed by atoms with Gasteiger partial charge in [-0.25, -0.2) is 8.78 Å². The van der Waals surface area contributed by atoms with Crippen LogP contribution in [0, 0.1) is 11.6 Å². The predicted octanol–water partition coefficient (Wildman–Crippen LogP) is 4.60. The Morgan fingerprint density at radius 2 is 1.95 bits per heavy atom. The number of rotatable bonds is 3. The van der Waals surface area contributed by atoms with Crippen LogP contribution in [0.1, 0.15) is 35.7 Å². The lowest BCUT2D eigenvalue weighted by Gasteiger charge is -2.29. The molecule has 1 N–H and O–H groups in total. The molecule has 0 aliphatic carbocycles. The predicted molar refractivity (Wildman–Crippen MR) is 83.3 cm³/mol. The van der Waals surface area contributed by atoms with Gasteiger partial charge >= 0.3 is 0 Å². The van der Waals surface area contributed by atoms with E-state index in [0.29, 0.717) is 5.56 Å². The molecule has 4 heteroatoms. The molecule has 2 atom stereocenters. The van der Waals surface area contributed by atoms with Crippen LogP contribution in [0.15, 0.2) is 42.5 Å². The number of fused-ring (bicyclic) bond motifs is 1. The molecule has 0 radical (unpaired) electrons. The minimum absolute atomic E-state index is 0.164. The van der Waals surface area contributed by atoms with Crippen molar-refractivity contribution in [1.82, 2.24) is 5.32 Å². The zero-order chi connectivity index (χ0) is 14.8.